The highest BCUT2D eigenvalue weighted by Crippen LogP contribution is 2.30. The molecule has 0 fully saturated rings. The molecule has 0 aliphatic heterocycles. The van der Waals surface area contributed by atoms with Gasteiger partial charge >= 0.3 is 5.69 Å². The molecule has 0 saturated carbocycles. The predicted molar refractivity (Wildman–Crippen MR) is 92.2 cm³/mol. The first-order valence-electron chi connectivity index (χ1n) is 7.06. The Morgan fingerprint density at radius 1 is 1.08 bits per heavy atom. The van der Waals surface area contributed by atoms with Gasteiger partial charge in [-0.05, 0) is 25.2 Å². The van der Waals surface area contributed by atoms with E-state index in [1.54, 1.807) is 0 Å². The quantitative estimate of drug-likeness (QED) is 0.431. The van der Waals surface area contributed by atoms with Gasteiger partial charge in [0.1, 0.15) is 5.69 Å². The highest BCUT2D eigenvalue weighted by molar-refractivity contribution is 7.71. The van der Waals surface area contributed by atoms with Gasteiger partial charge in [0.25, 0.3) is 5.69 Å². The molecule has 0 amide bonds. The highest BCUT2D eigenvalue weighted by atomic mass is 32.1. The zero-order valence-corrected chi connectivity index (χ0v) is 13.7. The summed E-state index contributed by atoms with van der Waals surface area (Å²) in [6.07, 6.45) is 0. The predicted octanol–water partition coefficient (Wildman–Crippen LogP) is 3.72. The van der Waals surface area contributed by atoms with Crippen molar-refractivity contribution in [3.63, 3.8) is 0 Å². The van der Waals surface area contributed by atoms with E-state index in [1.165, 1.54) is 16.8 Å². The lowest BCUT2D eigenvalue weighted by molar-refractivity contribution is -0.394. The Hall–Kier alpha value is -3.40. The van der Waals surface area contributed by atoms with Gasteiger partial charge in [-0.1, -0.05) is 29.8 Å². The standard InChI is InChI=1S/C15H11N5O4S/c1-9-2-4-10(5-3-9)14-16-15(25)17-18(14)12-7-6-11(19(21)22)8-13(12)20(23)24/h2-8H,1H3,(H,17,25). The molecule has 0 radical (unpaired) electrons. The van der Waals surface area contributed by atoms with Gasteiger partial charge in [0.2, 0.25) is 4.77 Å². The number of H-pyrrole nitrogens is 1. The number of hydrogen-bond donors (Lipinski definition) is 1. The van der Waals surface area contributed by atoms with Gasteiger partial charge in [0.05, 0.1) is 15.9 Å². The molecular formula is C15H11N5O4S. The maximum absolute atomic E-state index is 11.4. The van der Waals surface area contributed by atoms with Gasteiger partial charge in [-0.15, -0.1) is 0 Å². The topological polar surface area (TPSA) is 120 Å². The van der Waals surface area contributed by atoms with Crippen LogP contribution < -0.4 is 0 Å². The number of nitrogens with zero attached hydrogens (tertiary/aromatic N) is 4. The second kappa shape index (κ2) is 6.24. The number of nitro benzene ring substituents is 2. The second-order valence-corrected chi connectivity index (χ2v) is 5.63. The van der Waals surface area contributed by atoms with E-state index in [-0.39, 0.29) is 16.1 Å². The molecule has 1 aromatic heterocycles. The molecule has 0 saturated heterocycles. The van der Waals surface area contributed by atoms with Crippen molar-refractivity contribution < 1.29 is 9.85 Å². The summed E-state index contributed by atoms with van der Waals surface area (Å²) in [6.45, 7) is 1.93. The van der Waals surface area contributed by atoms with Crippen LogP contribution in [-0.4, -0.2) is 24.6 Å². The van der Waals surface area contributed by atoms with E-state index in [9.17, 15) is 20.2 Å². The number of aryl methyl sites for hydroxylation is 1. The highest BCUT2D eigenvalue weighted by Gasteiger charge is 2.23. The Balaban J connectivity index is 2.24. The van der Waals surface area contributed by atoms with Crippen LogP contribution >= 0.6 is 12.2 Å². The monoisotopic (exact) mass is 357 g/mol. The molecule has 0 aliphatic carbocycles. The smallest absolute Gasteiger partial charge is 0.266 e. The molecule has 2 aromatic carbocycles. The molecule has 10 heteroatoms. The largest absolute Gasteiger partial charge is 0.301 e. The van der Waals surface area contributed by atoms with Gasteiger partial charge < -0.3 is 0 Å². The SMILES string of the molecule is Cc1ccc(-c2nc(=S)[nH]n2-c2ccc([N+](=O)[O-])cc2[N+](=O)[O-])cc1. The fourth-order valence-electron chi connectivity index (χ4n) is 2.35. The lowest BCUT2D eigenvalue weighted by Crippen LogP contribution is -2.04. The zero-order chi connectivity index (χ0) is 18.1. The van der Waals surface area contributed by atoms with Crippen LogP contribution in [0.15, 0.2) is 42.5 Å². The first kappa shape index (κ1) is 16.5. The van der Waals surface area contributed by atoms with E-state index < -0.39 is 15.5 Å². The Kier molecular flexibility index (Phi) is 4.11. The third-order valence-corrected chi connectivity index (χ3v) is 3.73. The van der Waals surface area contributed by atoms with Gasteiger partial charge in [0, 0.05) is 11.6 Å². The Morgan fingerprint density at radius 3 is 2.36 bits per heavy atom. The zero-order valence-electron chi connectivity index (χ0n) is 12.9. The van der Waals surface area contributed by atoms with Crippen LogP contribution in [0.5, 0.6) is 0 Å². The number of aromatic amines is 1. The van der Waals surface area contributed by atoms with Crippen LogP contribution in [0.2, 0.25) is 0 Å². The summed E-state index contributed by atoms with van der Waals surface area (Å²) in [5.74, 6) is 0.377. The summed E-state index contributed by atoms with van der Waals surface area (Å²) in [7, 11) is 0. The number of nitro groups is 2. The number of benzene rings is 2. The van der Waals surface area contributed by atoms with Crippen LogP contribution in [0.3, 0.4) is 0 Å². The molecule has 25 heavy (non-hydrogen) atoms. The molecule has 126 valence electrons. The van der Waals surface area contributed by atoms with E-state index >= 15 is 0 Å². The van der Waals surface area contributed by atoms with Gasteiger partial charge in [-0.25, -0.2) is 4.68 Å². The van der Waals surface area contributed by atoms with E-state index in [1.807, 2.05) is 31.2 Å². The molecule has 1 N–H and O–H groups in total. The number of non-ortho nitro benzene ring substituents is 1. The first-order chi connectivity index (χ1) is 11.9. The van der Waals surface area contributed by atoms with Crippen LogP contribution in [-0.2, 0) is 0 Å². The molecule has 0 atom stereocenters. The van der Waals surface area contributed by atoms with Crippen molar-refractivity contribution in [2.45, 2.75) is 6.92 Å². The molecule has 9 nitrogen and oxygen atoms in total. The van der Waals surface area contributed by atoms with Gasteiger partial charge in [0.15, 0.2) is 5.82 Å². The van der Waals surface area contributed by atoms with Crippen molar-refractivity contribution in [3.8, 4) is 17.1 Å². The summed E-state index contributed by atoms with van der Waals surface area (Å²) < 4.78 is 1.50. The third-order valence-electron chi connectivity index (χ3n) is 3.54. The fourth-order valence-corrected chi connectivity index (χ4v) is 2.53. The average Bonchev–Trinajstić information content (AvgIpc) is 2.96. The molecule has 3 aromatic rings. The van der Waals surface area contributed by atoms with E-state index in [0.29, 0.717) is 11.4 Å². The van der Waals surface area contributed by atoms with Gasteiger partial charge in [-0.2, -0.15) is 4.98 Å². The van der Waals surface area contributed by atoms with Crippen molar-refractivity contribution in [2.24, 2.45) is 0 Å². The minimum atomic E-state index is -0.687. The number of aromatic nitrogens is 3. The summed E-state index contributed by atoms with van der Waals surface area (Å²) in [6, 6.07) is 10.8. The molecule has 3 rings (SSSR count). The third kappa shape index (κ3) is 3.15. The Labute approximate surface area is 145 Å². The maximum Gasteiger partial charge on any atom is 0.301 e. The molecule has 0 aliphatic rings. The minimum absolute atomic E-state index is 0.106. The van der Waals surface area contributed by atoms with Crippen molar-refractivity contribution in [1.82, 2.24) is 14.8 Å². The lowest BCUT2D eigenvalue weighted by atomic mass is 10.1. The summed E-state index contributed by atoms with van der Waals surface area (Å²) in [5.41, 5.74) is 1.06. The molecule has 1 heterocycles. The van der Waals surface area contributed by atoms with Crippen molar-refractivity contribution in [3.05, 3.63) is 73.0 Å². The Morgan fingerprint density at radius 2 is 1.76 bits per heavy atom. The fraction of sp³-hybridized carbons (Fsp3) is 0.0667. The van der Waals surface area contributed by atoms with Crippen molar-refractivity contribution in [1.29, 1.82) is 0 Å². The van der Waals surface area contributed by atoms with Crippen molar-refractivity contribution >= 4 is 23.6 Å². The van der Waals surface area contributed by atoms with E-state index in [2.05, 4.69) is 10.1 Å². The van der Waals surface area contributed by atoms with Crippen LogP contribution in [0.4, 0.5) is 11.4 Å². The van der Waals surface area contributed by atoms with Crippen LogP contribution in [0, 0.1) is 31.9 Å². The second-order valence-electron chi connectivity index (χ2n) is 5.24. The van der Waals surface area contributed by atoms with Crippen LogP contribution in [0.1, 0.15) is 5.56 Å². The lowest BCUT2D eigenvalue weighted by Gasteiger charge is -2.08. The van der Waals surface area contributed by atoms with E-state index in [4.69, 9.17) is 12.2 Å². The summed E-state index contributed by atoms with van der Waals surface area (Å²) >= 11 is 5.06. The maximum atomic E-state index is 11.4. The summed E-state index contributed by atoms with van der Waals surface area (Å²) in [4.78, 5) is 25.1. The number of hydrogen-bond acceptors (Lipinski definition) is 6. The van der Waals surface area contributed by atoms with Crippen LogP contribution in [0.25, 0.3) is 17.1 Å². The van der Waals surface area contributed by atoms with Crippen molar-refractivity contribution in [2.75, 3.05) is 0 Å². The summed E-state index contributed by atoms with van der Waals surface area (Å²) in [5, 5.41) is 25.0. The average molecular weight is 357 g/mol. The van der Waals surface area contributed by atoms with E-state index in [0.717, 1.165) is 11.6 Å². The number of rotatable bonds is 4. The first-order valence-corrected chi connectivity index (χ1v) is 7.47. The minimum Gasteiger partial charge on any atom is -0.266 e. The molecular weight excluding hydrogens is 346 g/mol. The number of nitrogens with one attached hydrogen (secondary N) is 1. The molecule has 0 spiro atoms. The molecule has 0 bridgehead atoms. The molecule has 0 unspecified atom stereocenters. The van der Waals surface area contributed by atoms with Gasteiger partial charge in [-0.3, -0.25) is 25.3 Å². The normalized spacial score (nSPS) is 10.6. The Bertz CT molecular complexity index is 1040.